The zero-order valence-corrected chi connectivity index (χ0v) is 12.9. The monoisotopic (exact) mass is 310 g/mol. The van der Waals surface area contributed by atoms with Crippen molar-refractivity contribution in [2.75, 3.05) is 23.8 Å². The number of nitrogen functional groups attached to an aromatic ring is 1. The molecule has 1 aromatic rings. The minimum atomic E-state index is -0.125. The zero-order valence-electron chi connectivity index (χ0n) is 12.0. The number of rotatable bonds is 6. The standard InChI is InChI=1S/C14H22N4O2S/c15-12-11(13(20)16-9-5-6-9)14(21-17-12)18(7-8-19)10-3-1-2-4-10/h9-10,19H,1-8H2,(H2,15,17)(H,16,20). The smallest absolute Gasteiger partial charge is 0.258 e. The lowest BCUT2D eigenvalue weighted by Gasteiger charge is -2.29. The Hall–Kier alpha value is -1.34. The van der Waals surface area contributed by atoms with Crippen LogP contribution in [0.1, 0.15) is 48.9 Å². The van der Waals surface area contributed by atoms with E-state index in [2.05, 4.69) is 14.6 Å². The predicted octanol–water partition coefficient (Wildman–Crippen LogP) is 1.36. The van der Waals surface area contributed by atoms with Gasteiger partial charge in [0.2, 0.25) is 0 Å². The van der Waals surface area contributed by atoms with Crippen molar-refractivity contribution >= 4 is 28.3 Å². The summed E-state index contributed by atoms with van der Waals surface area (Å²) in [5, 5.41) is 13.2. The van der Waals surface area contributed by atoms with Gasteiger partial charge in [-0.05, 0) is 37.2 Å². The normalized spacial score (nSPS) is 18.9. The number of anilines is 2. The largest absolute Gasteiger partial charge is 0.395 e. The maximum Gasteiger partial charge on any atom is 0.258 e. The van der Waals surface area contributed by atoms with Gasteiger partial charge in [-0.3, -0.25) is 4.79 Å². The lowest BCUT2D eigenvalue weighted by Crippen LogP contribution is -2.37. The molecule has 21 heavy (non-hydrogen) atoms. The van der Waals surface area contributed by atoms with Gasteiger partial charge >= 0.3 is 0 Å². The van der Waals surface area contributed by atoms with Crippen LogP contribution in [0.5, 0.6) is 0 Å². The van der Waals surface area contributed by atoms with Crippen molar-refractivity contribution in [2.24, 2.45) is 0 Å². The fraction of sp³-hybridized carbons (Fsp3) is 0.714. The Morgan fingerprint density at radius 3 is 2.71 bits per heavy atom. The quantitative estimate of drug-likeness (QED) is 0.738. The summed E-state index contributed by atoms with van der Waals surface area (Å²) in [5.74, 6) is 0.175. The van der Waals surface area contributed by atoms with E-state index in [0.29, 0.717) is 30.0 Å². The van der Waals surface area contributed by atoms with Crippen molar-refractivity contribution in [3.05, 3.63) is 5.56 Å². The zero-order chi connectivity index (χ0) is 14.8. The molecule has 0 saturated heterocycles. The molecule has 7 heteroatoms. The first-order chi connectivity index (χ1) is 10.2. The van der Waals surface area contributed by atoms with E-state index in [-0.39, 0.29) is 12.5 Å². The highest BCUT2D eigenvalue weighted by Crippen LogP contribution is 2.36. The molecule has 3 rings (SSSR count). The Kier molecular flexibility index (Phi) is 4.30. The Morgan fingerprint density at radius 2 is 2.10 bits per heavy atom. The highest BCUT2D eigenvalue weighted by atomic mass is 32.1. The van der Waals surface area contributed by atoms with E-state index in [4.69, 9.17) is 5.73 Å². The molecule has 116 valence electrons. The molecule has 2 saturated carbocycles. The topological polar surface area (TPSA) is 91.5 Å². The molecular weight excluding hydrogens is 288 g/mol. The number of nitrogens with one attached hydrogen (secondary N) is 1. The van der Waals surface area contributed by atoms with E-state index in [9.17, 15) is 9.90 Å². The van der Waals surface area contributed by atoms with Gasteiger partial charge in [0.25, 0.3) is 5.91 Å². The molecule has 2 aliphatic rings. The summed E-state index contributed by atoms with van der Waals surface area (Å²) >= 11 is 1.27. The predicted molar refractivity (Wildman–Crippen MR) is 83.7 cm³/mol. The van der Waals surface area contributed by atoms with Crippen LogP contribution in [-0.2, 0) is 0 Å². The summed E-state index contributed by atoms with van der Waals surface area (Å²) in [7, 11) is 0. The average Bonchev–Trinajstić information content (AvgIpc) is 2.98. The number of amides is 1. The van der Waals surface area contributed by atoms with E-state index in [0.717, 1.165) is 30.7 Å². The molecule has 1 heterocycles. The van der Waals surface area contributed by atoms with E-state index in [1.54, 1.807) is 0 Å². The highest BCUT2D eigenvalue weighted by Gasteiger charge is 2.32. The van der Waals surface area contributed by atoms with Crippen LogP contribution < -0.4 is 16.0 Å². The molecule has 0 unspecified atom stereocenters. The Morgan fingerprint density at radius 1 is 1.38 bits per heavy atom. The molecule has 0 aromatic carbocycles. The third-order valence-electron chi connectivity index (χ3n) is 4.21. The number of carbonyl (C=O) groups excluding carboxylic acids is 1. The SMILES string of the molecule is Nc1nsc(N(CCO)C2CCCC2)c1C(=O)NC1CC1. The molecular formula is C14H22N4O2S. The van der Waals surface area contributed by atoms with Crippen molar-refractivity contribution in [1.29, 1.82) is 0 Å². The fourth-order valence-electron chi connectivity index (χ4n) is 2.96. The van der Waals surface area contributed by atoms with Crippen molar-refractivity contribution in [3.8, 4) is 0 Å². The molecule has 2 aliphatic carbocycles. The van der Waals surface area contributed by atoms with Gasteiger partial charge in [0, 0.05) is 18.6 Å². The van der Waals surface area contributed by atoms with Crippen LogP contribution in [0.4, 0.5) is 10.8 Å². The summed E-state index contributed by atoms with van der Waals surface area (Å²) in [6.07, 6.45) is 6.68. The number of carbonyl (C=O) groups is 1. The molecule has 0 radical (unpaired) electrons. The van der Waals surface area contributed by atoms with Crippen LogP contribution in [0, 0.1) is 0 Å². The number of nitrogens with zero attached hydrogens (tertiary/aromatic N) is 2. The van der Waals surface area contributed by atoms with Gasteiger partial charge < -0.3 is 21.1 Å². The summed E-state index contributed by atoms with van der Waals surface area (Å²) in [6, 6.07) is 0.673. The van der Waals surface area contributed by atoms with Gasteiger partial charge in [-0.2, -0.15) is 4.37 Å². The first-order valence-corrected chi connectivity index (χ1v) is 8.41. The molecule has 1 aromatic heterocycles. The summed E-state index contributed by atoms with van der Waals surface area (Å²) in [6.45, 7) is 0.591. The first-order valence-electron chi connectivity index (χ1n) is 7.64. The third kappa shape index (κ3) is 3.13. The van der Waals surface area contributed by atoms with Gasteiger partial charge in [-0.1, -0.05) is 12.8 Å². The van der Waals surface area contributed by atoms with Crippen LogP contribution in [0.2, 0.25) is 0 Å². The molecule has 0 atom stereocenters. The van der Waals surface area contributed by atoms with Crippen molar-refractivity contribution in [3.63, 3.8) is 0 Å². The van der Waals surface area contributed by atoms with Crippen LogP contribution >= 0.6 is 11.5 Å². The molecule has 4 N–H and O–H groups in total. The van der Waals surface area contributed by atoms with Gasteiger partial charge in [0.15, 0.2) is 5.82 Å². The van der Waals surface area contributed by atoms with E-state index in [1.165, 1.54) is 24.4 Å². The number of aromatic nitrogens is 1. The second-order valence-corrected chi connectivity index (χ2v) is 6.60. The van der Waals surface area contributed by atoms with Gasteiger partial charge in [-0.25, -0.2) is 0 Å². The van der Waals surface area contributed by atoms with Gasteiger partial charge in [0.1, 0.15) is 10.6 Å². The van der Waals surface area contributed by atoms with Crippen molar-refractivity contribution < 1.29 is 9.90 Å². The molecule has 2 fully saturated rings. The number of nitrogens with two attached hydrogens (primary N) is 1. The minimum absolute atomic E-state index is 0.0674. The maximum atomic E-state index is 12.4. The number of aliphatic hydroxyl groups excluding tert-OH is 1. The molecule has 0 bridgehead atoms. The number of aliphatic hydroxyl groups is 1. The van der Waals surface area contributed by atoms with E-state index in [1.807, 2.05) is 0 Å². The summed E-state index contributed by atoms with van der Waals surface area (Å²) in [4.78, 5) is 14.5. The molecule has 6 nitrogen and oxygen atoms in total. The minimum Gasteiger partial charge on any atom is -0.395 e. The maximum absolute atomic E-state index is 12.4. The summed E-state index contributed by atoms with van der Waals surface area (Å²) in [5.41, 5.74) is 6.41. The van der Waals surface area contributed by atoms with Gasteiger partial charge in [-0.15, -0.1) is 0 Å². The van der Waals surface area contributed by atoms with E-state index >= 15 is 0 Å². The van der Waals surface area contributed by atoms with Crippen LogP contribution in [-0.4, -0.2) is 40.6 Å². The van der Waals surface area contributed by atoms with Crippen molar-refractivity contribution in [1.82, 2.24) is 9.69 Å². The molecule has 0 spiro atoms. The Bertz CT molecular complexity index is 509. The van der Waals surface area contributed by atoms with Gasteiger partial charge in [0.05, 0.1) is 6.61 Å². The number of hydrogen-bond acceptors (Lipinski definition) is 6. The highest BCUT2D eigenvalue weighted by molar-refractivity contribution is 7.11. The van der Waals surface area contributed by atoms with Crippen molar-refractivity contribution in [2.45, 2.75) is 50.6 Å². The Balaban J connectivity index is 1.85. The van der Waals surface area contributed by atoms with E-state index < -0.39 is 0 Å². The third-order valence-corrected chi connectivity index (χ3v) is 5.11. The average molecular weight is 310 g/mol. The summed E-state index contributed by atoms with van der Waals surface area (Å²) < 4.78 is 4.18. The Labute approximate surface area is 128 Å². The second kappa shape index (κ2) is 6.19. The molecule has 1 amide bonds. The number of hydrogen-bond donors (Lipinski definition) is 3. The second-order valence-electron chi connectivity index (χ2n) is 5.85. The molecule has 0 aliphatic heterocycles. The van der Waals surface area contributed by atoms with Crippen LogP contribution in [0.3, 0.4) is 0 Å². The van der Waals surface area contributed by atoms with Crippen LogP contribution in [0.15, 0.2) is 0 Å². The lowest BCUT2D eigenvalue weighted by molar-refractivity contribution is 0.0952. The fourth-order valence-corrected chi connectivity index (χ4v) is 3.87. The first kappa shape index (κ1) is 14.6. The van der Waals surface area contributed by atoms with Crippen LogP contribution in [0.25, 0.3) is 0 Å². The lowest BCUT2D eigenvalue weighted by atomic mass is 10.2.